The van der Waals surface area contributed by atoms with Gasteiger partial charge in [0.15, 0.2) is 0 Å². The molecule has 1 aliphatic carbocycles. The second-order valence-corrected chi connectivity index (χ2v) is 6.81. The maximum absolute atomic E-state index is 12.2. The van der Waals surface area contributed by atoms with Gasteiger partial charge in [-0.1, -0.05) is 0 Å². The minimum atomic E-state index is -3.59. The third kappa shape index (κ3) is 2.95. The lowest BCUT2D eigenvalue weighted by Crippen LogP contribution is -2.32. The van der Waals surface area contributed by atoms with Crippen LogP contribution in [0.4, 0.5) is 0 Å². The van der Waals surface area contributed by atoms with Crippen molar-refractivity contribution in [1.82, 2.24) is 4.72 Å². The largest absolute Gasteiger partial charge is 0.396 e. The third-order valence-corrected chi connectivity index (χ3v) is 5.08. The zero-order valence-electron chi connectivity index (χ0n) is 10.7. The normalized spacial score (nSPS) is 16.9. The van der Waals surface area contributed by atoms with E-state index < -0.39 is 10.0 Å². The Kier molecular flexibility index (Phi) is 3.63. The molecule has 0 saturated heterocycles. The average molecular weight is 280 g/mol. The van der Waals surface area contributed by atoms with Crippen molar-refractivity contribution >= 4 is 10.0 Å². The van der Waals surface area contributed by atoms with Gasteiger partial charge in [-0.2, -0.15) is 5.26 Å². The lowest BCUT2D eigenvalue weighted by atomic mass is 10.1. The number of aliphatic hydroxyl groups excluding tert-OH is 1. The van der Waals surface area contributed by atoms with E-state index in [1.165, 1.54) is 12.1 Å². The maximum atomic E-state index is 12.2. The molecule has 5 nitrogen and oxygen atoms in total. The molecule has 2 N–H and O–H groups in total. The van der Waals surface area contributed by atoms with Gasteiger partial charge in [0.05, 0.1) is 16.5 Å². The highest BCUT2D eigenvalue weighted by Crippen LogP contribution is 2.44. The first kappa shape index (κ1) is 14.0. The molecular formula is C13H16N2O3S. The quantitative estimate of drug-likeness (QED) is 0.839. The van der Waals surface area contributed by atoms with Gasteiger partial charge in [0.2, 0.25) is 10.0 Å². The smallest absolute Gasteiger partial charge is 0.240 e. The molecule has 0 bridgehead atoms. The number of aliphatic hydroxyl groups is 1. The van der Waals surface area contributed by atoms with Crippen molar-refractivity contribution < 1.29 is 13.5 Å². The molecule has 6 heteroatoms. The summed E-state index contributed by atoms with van der Waals surface area (Å²) < 4.78 is 26.9. The van der Waals surface area contributed by atoms with Crippen molar-refractivity contribution in [3.8, 4) is 6.07 Å². The van der Waals surface area contributed by atoms with E-state index in [1.807, 2.05) is 6.07 Å². The van der Waals surface area contributed by atoms with E-state index in [9.17, 15) is 13.5 Å². The number of benzene rings is 1. The predicted octanol–water partition coefficient (Wildman–Crippen LogP) is 0.917. The molecule has 1 fully saturated rings. The molecule has 0 radical (unpaired) electrons. The number of aryl methyl sites for hydroxylation is 1. The molecule has 0 aromatic heterocycles. The Hall–Kier alpha value is -1.42. The monoisotopic (exact) mass is 280 g/mol. The van der Waals surface area contributed by atoms with E-state index in [0.29, 0.717) is 11.1 Å². The first-order chi connectivity index (χ1) is 8.92. The number of hydrogen-bond donors (Lipinski definition) is 2. The van der Waals surface area contributed by atoms with Gasteiger partial charge in [0.1, 0.15) is 0 Å². The Morgan fingerprint density at radius 1 is 1.47 bits per heavy atom. The van der Waals surface area contributed by atoms with Crippen LogP contribution in [0.5, 0.6) is 0 Å². The van der Waals surface area contributed by atoms with Crippen LogP contribution >= 0.6 is 0 Å². The first-order valence-corrected chi connectivity index (χ1v) is 7.52. The highest BCUT2D eigenvalue weighted by atomic mass is 32.2. The average Bonchev–Trinajstić information content (AvgIpc) is 3.17. The summed E-state index contributed by atoms with van der Waals surface area (Å²) in [6.45, 7) is 1.92. The van der Waals surface area contributed by atoms with Crippen LogP contribution in [0.3, 0.4) is 0 Å². The van der Waals surface area contributed by atoms with Gasteiger partial charge in [0.25, 0.3) is 0 Å². The summed E-state index contributed by atoms with van der Waals surface area (Å²) in [6, 6.07) is 6.45. The minimum Gasteiger partial charge on any atom is -0.396 e. The molecule has 0 unspecified atom stereocenters. The Morgan fingerprint density at radius 3 is 2.63 bits per heavy atom. The van der Waals surface area contributed by atoms with Crippen molar-refractivity contribution in [3.63, 3.8) is 0 Å². The van der Waals surface area contributed by atoms with E-state index in [4.69, 9.17) is 5.26 Å². The van der Waals surface area contributed by atoms with Crippen molar-refractivity contribution in [2.75, 3.05) is 13.2 Å². The molecule has 19 heavy (non-hydrogen) atoms. The summed E-state index contributed by atoms with van der Waals surface area (Å²) in [5, 5.41) is 17.9. The second kappa shape index (κ2) is 4.93. The molecule has 0 heterocycles. The fourth-order valence-corrected chi connectivity index (χ4v) is 3.30. The van der Waals surface area contributed by atoms with Crippen LogP contribution in [0.1, 0.15) is 24.0 Å². The number of rotatable bonds is 5. The van der Waals surface area contributed by atoms with Crippen LogP contribution < -0.4 is 4.72 Å². The van der Waals surface area contributed by atoms with Crippen LogP contribution in [0.2, 0.25) is 0 Å². The molecule has 1 saturated carbocycles. The fraction of sp³-hybridized carbons (Fsp3) is 0.462. The molecular weight excluding hydrogens is 264 g/mol. The van der Waals surface area contributed by atoms with Crippen molar-refractivity contribution in [3.05, 3.63) is 29.3 Å². The number of nitrogens with zero attached hydrogens (tertiary/aromatic N) is 1. The standard InChI is InChI=1S/C13H16N2O3S/c1-10-6-11(7-14)2-3-12(10)19(17,18)15-8-13(9-16)4-5-13/h2-3,6,15-16H,4-5,8-9H2,1H3. The zero-order chi connectivity index (χ0) is 14.1. The Morgan fingerprint density at radius 2 is 2.16 bits per heavy atom. The van der Waals surface area contributed by atoms with Gasteiger partial charge in [-0.15, -0.1) is 0 Å². The summed E-state index contributed by atoms with van der Waals surface area (Å²) in [5.74, 6) is 0. The Labute approximate surface area is 112 Å². The number of hydrogen-bond acceptors (Lipinski definition) is 4. The maximum Gasteiger partial charge on any atom is 0.240 e. The summed E-state index contributed by atoms with van der Waals surface area (Å²) in [7, 11) is -3.59. The summed E-state index contributed by atoms with van der Waals surface area (Å²) in [5.41, 5.74) is 0.707. The molecule has 1 aromatic carbocycles. The van der Waals surface area contributed by atoms with Crippen LogP contribution in [0, 0.1) is 23.7 Å². The highest BCUT2D eigenvalue weighted by molar-refractivity contribution is 7.89. The van der Waals surface area contributed by atoms with E-state index >= 15 is 0 Å². The SMILES string of the molecule is Cc1cc(C#N)ccc1S(=O)(=O)NCC1(CO)CC1. The molecule has 0 spiro atoms. The molecule has 1 aromatic rings. The van der Waals surface area contributed by atoms with E-state index in [1.54, 1.807) is 13.0 Å². The highest BCUT2D eigenvalue weighted by Gasteiger charge is 2.42. The third-order valence-electron chi connectivity index (χ3n) is 3.52. The Balaban J connectivity index is 2.18. The van der Waals surface area contributed by atoms with Crippen LogP contribution in [0.15, 0.2) is 23.1 Å². The predicted molar refractivity (Wildman–Crippen MR) is 69.8 cm³/mol. The molecule has 0 amide bonds. The fourth-order valence-electron chi connectivity index (χ4n) is 1.91. The number of sulfonamides is 1. The van der Waals surface area contributed by atoms with Gasteiger partial charge in [0, 0.05) is 18.6 Å². The van der Waals surface area contributed by atoms with Gasteiger partial charge in [-0.25, -0.2) is 13.1 Å². The van der Waals surface area contributed by atoms with Crippen molar-refractivity contribution in [2.45, 2.75) is 24.7 Å². The first-order valence-electron chi connectivity index (χ1n) is 6.04. The van der Waals surface area contributed by atoms with Crippen molar-refractivity contribution in [2.24, 2.45) is 5.41 Å². The van der Waals surface area contributed by atoms with E-state index in [-0.39, 0.29) is 23.5 Å². The lowest BCUT2D eigenvalue weighted by Gasteiger charge is -2.14. The lowest BCUT2D eigenvalue weighted by molar-refractivity contribution is 0.213. The molecule has 0 atom stereocenters. The van der Waals surface area contributed by atoms with Gasteiger partial charge >= 0.3 is 0 Å². The number of nitrogens with one attached hydrogen (secondary N) is 1. The summed E-state index contributed by atoms with van der Waals surface area (Å²) in [4.78, 5) is 0.181. The number of nitriles is 1. The summed E-state index contributed by atoms with van der Waals surface area (Å²) >= 11 is 0. The molecule has 1 aliphatic rings. The summed E-state index contributed by atoms with van der Waals surface area (Å²) in [6.07, 6.45) is 1.69. The van der Waals surface area contributed by atoms with Crippen LogP contribution in [-0.4, -0.2) is 26.7 Å². The van der Waals surface area contributed by atoms with Gasteiger partial charge in [-0.05, 0) is 43.5 Å². The van der Waals surface area contributed by atoms with Crippen LogP contribution in [0.25, 0.3) is 0 Å². The Bertz CT molecular complexity index is 628. The molecule has 102 valence electrons. The van der Waals surface area contributed by atoms with E-state index in [2.05, 4.69) is 4.72 Å². The topological polar surface area (TPSA) is 90.2 Å². The zero-order valence-corrected chi connectivity index (χ0v) is 11.5. The van der Waals surface area contributed by atoms with Gasteiger partial charge < -0.3 is 5.11 Å². The van der Waals surface area contributed by atoms with Crippen LogP contribution in [-0.2, 0) is 10.0 Å². The van der Waals surface area contributed by atoms with Gasteiger partial charge in [-0.3, -0.25) is 0 Å². The second-order valence-electron chi connectivity index (χ2n) is 5.07. The van der Waals surface area contributed by atoms with E-state index in [0.717, 1.165) is 12.8 Å². The molecule has 2 rings (SSSR count). The van der Waals surface area contributed by atoms with Crippen molar-refractivity contribution in [1.29, 1.82) is 5.26 Å². The molecule has 0 aliphatic heterocycles. The minimum absolute atomic E-state index is 0.00186.